The molecule has 2 aromatic heterocycles. The first-order chi connectivity index (χ1) is 15.4. The van der Waals surface area contributed by atoms with E-state index in [0.29, 0.717) is 5.88 Å². The van der Waals surface area contributed by atoms with Crippen molar-refractivity contribution in [1.29, 1.82) is 0 Å². The van der Waals surface area contributed by atoms with Gasteiger partial charge in [-0.1, -0.05) is 55.4 Å². The molecule has 0 bridgehead atoms. The number of ether oxygens (including phenoxy) is 1. The predicted octanol–water partition coefficient (Wildman–Crippen LogP) is 8.37. The van der Waals surface area contributed by atoms with Gasteiger partial charge < -0.3 is 9.84 Å². The van der Waals surface area contributed by atoms with Gasteiger partial charge in [-0.2, -0.15) is 17.2 Å². The molecular formula is C28H36IrNO3S-. The second-order valence-corrected chi connectivity index (χ2v) is 10.5. The molecule has 0 amide bonds. The largest absolute Gasteiger partial charge is 0.512 e. The summed E-state index contributed by atoms with van der Waals surface area (Å²) in [5, 5.41) is 13.1. The van der Waals surface area contributed by atoms with Gasteiger partial charge >= 0.3 is 0 Å². The fraction of sp³-hybridized carbons (Fsp3) is 0.429. The van der Waals surface area contributed by atoms with E-state index in [4.69, 9.17) is 4.74 Å². The second-order valence-electron chi connectivity index (χ2n) is 9.63. The number of aryl methyl sites for hydroxylation is 2. The number of nitrogens with zero attached hydrogens (tertiary/aromatic N) is 1. The summed E-state index contributed by atoms with van der Waals surface area (Å²) in [6, 6.07) is 11.3. The molecule has 1 N–H and O–H groups in total. The summed E-state index contributed by atoms with van der Waals surface area (Å²) in [6.07, 6.45) is 4.76. The van der Waals surface area contributed by atoms with Crippen LogP contribution in [0.1, 0.15) is 65.5 Å². The minimum absolute atomic E-state index is 0. The summed E-state index contributed by atoms with van der Waals surface area (Å²) in [7, 11) is 0. The van der Waals surface area contributed by atoms with Gasteiger partial charge in [-0.15, -0.1) is 23.5 Å². The number of rotatable bonds is 7. The normalized spacial score (nSPS) is 11.9. The smallest absolute Gasteiger partial charge is 0.235 e. The van der Waals surface area contributed by atoms with E-state index < -0.39 is 0 Å². The van der Waals surface area contributed by atoms with E-state index in [0.717, 1.165) is 34.2 Å². The van der Waals surface area contributed by atoms with Crippen LogP contribution in [0.5, 0.6) is 11.6 Å². The Balaban J connectivity index is 0.000000338. The number of thiophene rings is 1. The van der Waals surface area contributed by atoms with Gasteiger partial charge in [-0.3, -0.25) is 4.79 Å². The molecule has 0 unspecified atom stereocenters. The predicted molar refractivity (Wildman–Crippen MR) is 138 cm³/mol. The van der Waals surface area contributed by atoms with E-state index in [-0.39, 0.29) is 42.5 Å². The zero-order chi connectivity index (χ0) is 24.8. The molecule has 0 spiro atoms. The van der Waals surface area contributed by atoms with Crippen molar-refractivity contribution in [3.05, 3.63) is 64.9 Å². The summed E-state index contributed by atoms with van der Waals surface area (Å²) in [5.74, 6) is 1.57. The minimum atomic E-state index is -0.377. The zero-order valence-electron chi connectivity index (χ0n) is 21.4. The summed E-state index contributed by atoms with van der Waals surface area (Å²) in [4.78, 5) is 16.1. The number of ketones is 1. The number of benzene rings is 1. The van der Waals surface area contributed by atoms with E-state index in [2.05, 4.69) is 23.2 Å². The van der Waals surface area contributed by atoms with Crippen LogP contribution < -0.4 is 4.74 Å². The van der Waals surface area contributed by atoms with Crippen LogP contribution in [0.15, 0.2) is 47.7 Å². The van der Waals surface area contributed by atoms with E-state index in [1.54, 1.807) is 17.5 Å². The number of aliphatic hydroxyl groups excluding tert-OH is 1. The van der Waals surface area contributed by atoms with Crippen LogP contribution in [0, 0.1) is 30.7 Å². The fourth-order valence-electron chi connectivity index (χ4n) is 2.83. The summed E-state index contributed by atoms with van der Waals surface area (Å²) in [6.45, 7) is 15.7. The number of pyridine rings is 1. The van der Waals surface area contributed by atoms with Crippen molar-refractivity contribution in [3.8, 4) is 11.6 Å². The van der Waals surface area contributed by atoms with Crippen molar-refractivity contribution in [2.45, 2.75) is 68.2 Å². The minimum Gasteiger partial charge on any atom is -0.512 e. The third kappa shape index (κ3) is 8.04. The maximum absolute atomic E-state index is 11.8. The molecule has 34 heavy (non-hydrogen) atoms. The first-order valence-corrected chi connectivity index (χ1v) is 12.2. The Morgan fingerprint density at radius 1 is 1.12 bits per heavy atom. The van der Waals surface area contributed by atoms with Crippen molar-refractivity contribution < 1.29 is 34.7 Å². The third-order valence-corrected chi connectivity index (χ3v) is 6.98. The van der Waals surface area contributed by atoms with Crippen LogP contribution in [0.4, 0.5) is 0 Å². The van der Waals surface area contributed by atoms with Gasteiger partial charge in [-0.25, -0.2) is 4.98 Å². The van der Waals surface area contributed by atoms with Crippen LogP contribution >= 0.6 is 11.3 Å². The average molecular weight is 659 g/mol. The SMILES string of the molecule is CCC(C)(C)C(=O)/C=C(\O)C(C)(C)CC.Cc1[c-]c(Oc2nccc3ccsc23)cc(C)c1.[Ir]. The Labute approximate surface area is 221 Å². The molecule has 4 nitrogen and oxygen atoms in total. The molecule has 0 aliphatic heterocycles. The van der Waals surface area contributed by atoms with Gasteiger partial charge in [0.05, 0.1) is 4.70 Å². The van der Waals surface area contributed by atoms with Gasteiger partial charge in [0.25, 0.3) is 0 Å². The summed E-state index contributed by atoms with van der Waals surface area (Å²) < 4.78 is 6.93. The second kappa shape index (κ2) is 12.6. The van der Waals surface area contributed by atoms with Crippen LogP contribution in [-0.2, 0) is 24.9 Å². The quantitative estimate of drug-likeness (QED) is 0.158. The molecule has 0 saturated carbocycles. The molecule has 0 fully saturated rings. The molecule has 1 aromatic carbocycles. The van der Waals surface area contributed by atoms with Crippen molar-refractivity contribution in [3.63, 3.8) is 0 Å². The maximum atomic E-state index is 11.8. The van der Waals surface area contributed by atoms with Gasteiger partial charge in [0, 0.05) is 49.0 Å². The maximum Gasteiger partial charge on any atom is 0.235 e. The van der Waals surface area contributed by atoms with E-state index >= 15 is 0 Å². The zero-order valence-corrected chi connectivity index (χ0v) is 24.6. The number of aliphatic hydroxyl groups is 1. The Hall–Kier alpha value is -2.01. The van der Waals surface area contributed by atoms with Crippen molar-refractivity contribution in [2.75, 3.05) is 0 Å². The monoisotopic (exact) mass is 659 g/mol. The van der Waals surface area contributed by atoms with Crippen LogP contribution in [-0.4, -0.2) is 15.9 Å². The van der Waals surface area contributed by atoms with E-state index in [1.807, 2.05) is 72.9 Å². The van der Waals surface area contributed by atoms with E-state index in [9.17, 15) is 9.90 Å². The first-order valence-electron chi connectivity index (χ1n) is 11.4. The Kier molecular flexibility index (Phi) is 11.1. The third-order valence-electron chi connectivity index (χ3n) is 6.06. The molecule has 2 heterocycles. The fourth-order valence-corrected chi connectivity index (χ4v) is 3.64. The molecule has 1 radical (unpaired) electrons. The van der Waals surface area contributed by atoms with Crippen LogP contribution in [0.2, 0.25) is 0 Å². The van der Waals surface area contributed by atoms with Crippen LogP contribution in [0.25, 0.3) is 10.1 Å². The number of carbonyl (C=O) groups is 1. The number of aromatic nitrogens is 1. The van der Waals surface area contributed by atoms with Gasteiger partial charge in [0.15, 0.2) is 5.78 Å². The van der Waals surface area contributed by atoms with Gasteiger partial charge in [-0.05, 0) is 35.7 Å². The Morgan fingerprint density at radius 3 is 2.35 bits per heavy atom. The number of hydrogen-bond acceptors (Lipinski definition) is 5. The van der Waals surface area contributed by atoms with Crippen LogP contribution in [0.3, 0.4) is 0 Å². The molecule has 0 aliphatic carbocycles. The van der Waals surface area contributed by atoms with Crippen molar-refractivity contribution in [2.24, 2.45) is 10.8 Å². The molecule has 6 heteroatoms. The number of allylic oxidation sites excluding steroid dienone is 2. The summed E-state index contributed by atoms with van der Waals surface area (Å²) in [5.41, 5.74) is 1.56. The summed E-state index contributed by atoms with van der Waals surface area (Å²) >= 11 is 1.64. The van der Waals surface area contributed by atoms with Crippen molar-refractivity contribution in [1.82, 2.24) is 4.98 Å². The topological polar surface area (TPSA) is 59.4 Å². The molecule has 0 atom stereocenters. The van der Waals surface area contributed by atoms with E-state index in [1.165, 1.54) is 11.6 Å². The first kappa shape index (κ1) is 30.0. The number of carbonyl (C=O) groups excluding carboxylic acids is 1. The molecule has 3 rings (SSSR count). The molecular weight excluding hydrogens is 623 g/mol. The average Bonchev–Trinajstić information content (AvgIpc) is 3.23. The van der Waals surface area contributed by atoms with Gasteiger partial charge in [0.1, 0.15) is 5.76 Å². The molecule has 0 aliphatic rings. The molecule has 3 aromatic rings. The molecule has 0 saturated heterocycles. The van der Waals surface area contributed by atoms with Gasteiger partial charge in [0.2, 0.25) is 5.88 Å². The van der Waals surface area contributed by atoms with Crippen molar-refractivity contribution >= 4 is 27.2 Å². The number of hydrogen-bond donors (Lipinski definition) is 1. The Bertz CT molecular complexity index is 1110. The molecule has 187 valence electrons. The number of fused-ring (bicyclic) bond motifs is 1. The standard InChI is InChI=1S/C15H12NOS.C13H24O2.Ir/c1-10-7-11(2)9-13(8-10)17-15-14-12(3-5-16-15)4-6-18-14;1-7-12(3,4)10(14)9-11(15)13(5,6)8-2;/h3-8H,1-2H3;9,14H,7-8H2,1-6H3;/q-1;;/b;10-9-;. The Morgan fingerprint density at radius 2 is 1.76 bits per heavy atom.